The number of halogens is 1. The molecule has 1 N–H and O–H groups in total. The molecule has 5 nitrogen and oxygen atoms in total. The summed E-state index contributed by atoms with van der Waals surface area (Å²) in [6, 6.07) is 1.68. The van der Waals surface area contributed by atoms with E-state index in [-0.39, 0.29) is 11.8 Å². The lowest BCUT2D eigenvalue weighted by atomic mass is 10.3. The molecule has 0 saturated carbocycles. The predicted octanol–water partition coefficient (Wildman–Crippen LogP) is 1.43. The van der Waals surface area contributed by atoms with Crippen LogP contribution in [0.1, 0.15) is 10.4 Å². The number of thiocarbonyl (C=S) groups is 1. The fourth-order valence-electron chi connectivity index (χ4n) is 1.52. The van der Waals surface area contributed by atoms with E-state index in [9.17, 15) is 9.59 Å². The highest BCUT2D eigenvalue weighted by Crippen LogP contribution is 2.18. The summed E-state index contributed by atoms with van der Waals surface area (Å²) in [7, 11) is 0. The predicted molar refractivity (Wildman–Crippen MR) is 81.0 cm³/mol. The standard InChI is InChI=1S/C11H10BrN3O2S2/c12-8-3-7(4-13-5-8)10(17)14-1-2-15-9(16)6-19-11(15)18/h3-5H,1-2,6H2,(H,14,17). The Morgan fingerprint density at radius 3 is 3.00 bits per heavy atom. The molecule has 1 aliphatic rings. The molecule has 1 fully saturated rings. The summed E-state index contributed by atoms with van der Waals surface area (Å²) < 4.78 is 1.32. The molecule has 0 aliphatic carbocycles. The van der Waals surface area contributed by atoms with Crippen LogP contribution in [0.3, 0.4) is 0 Å². The molecule has 0 atom stereocenters. The number of aromatic nitrogens is 1. The Hall–Kier alpha value is -0.990. The van der Waals surface area contributed by atoms with Crippen LogP contribution in [0.15, 0.2) is 22.9 Å². The van der Waals surface area contributed by atoms with Crippen LogP contribution in [0.25, 0.3) is 0 Å². The Kier molecular flexibility index (Phi) is 4.89. The van der Waals surface area contributed by atoms with Gasteiger partial charge in [0.15, 0.2) is 0 Å². The van der Waals surface area contributed by atoms with Crippen molar-refractivity contribution in [3.63, 3.8) is 0 Å². The van der Waals surface area contributed by atoms with Crippen molar-refractivity contribution in [2.75, 3.05) is 18.8 Å². The number of nitrogens with one attached hydrogen (secondary N) is 1. The number of hydrogen-bond donors (Lipinski definition) is 1. The number of carbonyl (C=O) groups is 2. The van der Waals surface area contributed by atoms with E-state index in [1.165, 1.54) is 22.9 Å². The van der Waals surface area contributed by atoms with Crippen molar-refractivity contribution >= 4 is 56.0 Å². The molecular formula is C11H10BrN3O2S2. The summed E-state index contributed by atoms with van der Waals surface area (Å²) in [6.45, 7) is 0.760. The van der Waals surface area contributed by atoms with Crippen molar-refractivity contribution in [1.82, 2.24) is 15.2 Å². The van der Waals surface area contributed by atoms with Gasteiger partial charge in [-0.15, -0.1) is 0 Å². The minimum Gasteiger partial charge on any atom is -0.350 e. The molecule has 0 spiro atoms. The fraction of sp³-hybridized carbons (Fsp3) is 0.273. The third-order valence-corrected chi connectivity index (χ3v) is 4.29. The van der Waals surface area contributed by atoms with Crippen molar-refractivity contribution < 1.29 is 9.59 Å². The molecule has 19 heavy (non-hydrogen) atoms. The molecule has 1 aromatic rings. The number of thioether (sulfide) groups is 1. The van der Waals surface area contributed by atoms with Gasteiger partial charge in [-0.2, -0.15) is 0 Å². The van der Waals surface area contributed by atoms with Crippen LogP contribution in [0.4, 0.5) is 0 Å². The molecule has 2 amide bonds. The maximum Gasteiger partial charge on any atom is 0.252 e. The van der Waals surface area contributed by atoms with Crippen molar-refractivity contribution in [3.8, 4) is 0 Å². The van der Waals surface area contributed by atoms with Crippen LogP contribution in [0, 0.1) is 0 Å². The van der Waals surface area contributed by atoms with Gasteiger partial charge in [0.1, 0.15) is 4.32 Å². The fourth-order valence-corrected chi connectivity index (χ4v) is 3.00. The molecule has 0 radical (unpaired) electrons. The number of pyridine rings is 1. The number of carbonyl (C=O) groups excluding carboxylic acids is 2. The summed E-state index contributed by atoms with van der Waals surface area (Å²) in [6.07, 6.45) is 3.09. The molecule has 8 heteroatoms. The van der Waals surface area contributed by atoms with Gasteiger partial charge in [-0.3, -0.25) is 19.5 Å². The molecule has 1 saturated heterocycles. The molecule has 0 aromatic carbocycles. The van der Waals surface area contributed by atoms with Gasteiger partial charge in [-0.25, -0.2) is 0 Å². The molecule has 100 valence electrons. The van der Waals surface area contributed by atoms with E-state index in [1.807, 2.05) is 0 Å². The zero-order valence-electron chi connectivity index (χ0n) is 9.76. The summed E-state index contributed by atoms with van der Waals surface area (Å²) in [4.78, 5) is 28.7. The molecule has 2 rings (SSSR count). The van der Waals surface area contributed by atoms with Crippen molar-refractivity contribution in [2.24, 2.45) is 0 Å². The maximum absolute atomic E-state index is 11.8. The Balaban J connectivity index is 1.84. The van der Waals surface area contributed by atoms with Gasteiger partial charge < -0.3 is 5.32 Å². The van der Waals surface area contributed by atoms with E-state index >= 15 is 0 Å². The second-order valence-electron chi connectivity index (χ2n) is 3.75. The van der Waals surface area contributed by atoms with E-state index in [4.69, 9.17) is 12.2 Å². The van der Waals surface area contributed by atoms with E-state index in [0.717, 1.165) is 4.47 Å². The summed E-state index contributed by atoms with van der Waals surface area (Å²) in [5.41, 5.74) is 0.471. The Bertz CT molecular complexity index is 522. The van der Waals surface area contributed by atoms with E-state index in [2.05, 4.69) is 26.2 Å². The lowest BCUT2D eigenvalue weighted by Crippen LogP contribution is -2.37. The molecule has 0 bridgehead atoms. The second-order valence-corrected chi connectivity index (χ2v) is 6.27. The highest BCUT2D eigenvalue weighted by Gasteiger charge is 2.25. The first-order valence-electron chi connectivity index (χ1n) is 5.44. The van der Waals surface area contributed by atoms with Gasteiger partial charge in [0.2, 0.25) is 5.91 Å². The first-order valence-corrected chi connectivity index (χ1v) is 7.62. The zero-order valence-corrected chi connectivity index (χ0v) is 13.0. The molecule has 1 aromatic heterocycles. The van der Waals surface area contributed by atoms with Gasteiger partial charge in [0.05, 0.1) is 11.3 Å². The van der Waals surface area contributed by atoms with Crippen LogP contribution in [-0.4, -0.2) is 44.9 Å². The monoisotopic (exact) mass is 359 g/mol. The summed E-state index contributed by atoms with van der Waals surface area (Å²) >= 11 is 9.65. The van der Waals surface area contributed by atoms with Gasteiger partial charge >= 0.3 is 0 Å². The Morgan fingerprint density at radius 2 is 2.37 bits per heavy atom. The first kappa shape index (κ1) is 14.4. The highest BCUT2D eigenvalue weighted by molar-refractivity contribution is 9.10. The van der Waals surface area contributed by atoms with Crippen LogP contribution in [0.5, 0.6) is 0 Å². The molecule has 1 aliphatic heterocycles. The lowest BCUT2D eigenvalue weighted by molar-refractivity contribution is -0.123. The smallest absolute Gasteiger partial charge is 0.252 e. The number of nitrogens with zero attached hydrogens (tertiary/aromatic N) is 2. The molecule has 2 heterocycles. The van der Waals surface area contributed by atoms with E-state index < -0.39 is 0 Å². The SMILES string of the molecule is O=C(NCCN1C(=O)CSC1=S)c1cncc(Br)c1. The average molecular weight is 360 g/mol. The minimum absolute atomic E-state index is 0.00614. The number of hydrogen-bond acceptors (Lipinski definition) is 5. The summed E-state index contributed by atoms with van der Waals surface area (Å²) in [5.74, 6) is 0.162. The van der Waals surface area contributed by atoms with Crippen LogP contribution >= 0.6 is 39.9 Å². The average Bonchev–Trinajstić information content (AvgIpc) is 2.70. The minimum atomic E-state index is -0.223. The van der Waals surface area contributed by atoms with Gasteiger partial charge in [-0.1, -0.05) is 24.0 Å². The van der Waals surface area contributed by atoms with E-state index in [0.29, 0.717) is 28.7 Å². The largest absolute Gasteiger partial charge is 0.350 e. The third kappa shape index (κ3) is 3.74. The second kappa shape index (κ2) is 6.44. The summed E-state index contributed by atoms with van der Waals surface area (Å²) in [5, 5.41) is 2.73. The van der Waals surface area contributed by atoms with E-state index in [1.54, 1.807) is 12.3 Å². The maximum atomic E-state index is 11.8. The number of amides is 2. The van der Waals surface area contributed by atoms with Crippen molar-refractivity contribution in [2.45, 2.75) is 0 Å². The first-order chi connectivity index (χ1) is 9.08. The molecule has 0 unspecified atom stereocenters. The third-order valence-electron chi connectivity index (χ3n) is 2.43. The van der Waals surface area contributed by atoms with Crippen molar-refractivity contribution in [3.05, 3.63) is 28.5 Å². The molecular weight excluding hydrogens is 350 g/mol. The normalized spacial score (nSPS) is 14.9. The quantitative estimate of drug-likeness (QED) is 0.824. The van der Waals surface area contributed by atoms with Gasteiger partial charge in [0, 0.05) is 30.0 Å². The van der Waals surface area contributed by atoms with Crippen LogP contribution < -0.4 is 5.32 Å². The number of rotatable bonds is 4. The van der Waals surface area contributed by atoms with Gasteiger partial charge in [0.25, 0.3) is 5.91 Å². The zero-order chi connectivity index (χ0) is 13.8. The van der Waals surface area contributed by atoms with Crippen LogP contribution in [-0.2, 0) is 4.79 Å². The van der Waals surface area contributed by atoms with Crippen molar-refractivity contribution in [1.29, 1.82) is 0 Å². The highest BCUT2D eigenvalue weighted by atomic mass is 79.9. The lowest BCUT2D eigenvalue weighted by Gasteiger charge is -2.15. The topological polar surface area (TPSA) is 62.3 Å². The van der Waals surface area contributed by atoms with Gasteiger partial charge in [-0.05, 0) is 22.0 Å². The van der Waals surface area contributed by atoms with Crippen LogP contribution in [0.2, 0.25) is 0 Å². The Labute approximate surface area is 128 Å². The Morgan fingerprint density at radius 1 is 1.58 bits per heavy atom.